The molecule has 2 aromatic heterocycles. The minimum atomic E-state index is -0.961. The van der Waals surface area contributed by atoms with Crippen molar-refractivity contribution in [2.45, 2.75) is 32.4 Å². The van der Waals surface area contributed by atoms with E-state index in [0.717, 1.165) is 22.3 Å². The van der Waals surface area contributed by atoms with Crippen LogP contribution in [0.15, 0.2) is 36.7 Å². The molecular weight excluding hydrogens is 490 g/mol. The van der Waals surface area contributed by atoms with Gasteiger partial charge in [0.2, 0.25) is 0 Å². The fourth-order valence-electron chi connectivity index (χ4n) is 5.05. The molecule has 0 bridgehead atoms. The number of benzene rings is 2. The molecule has 1 atom stereocenters. The number of H-pyrrole nitrogens is 1. The second-order valence-corrected chi connectivity index (χ2v) is 9.21. The Hall–Kier alpha value is -5.00. The van der Waals surface area contributed by atoms with Gasteiger partial charge in [-0.1, -0.05) is 12.1 Å². The fraction of sp³-hybridized carbons (Fsp3) is 0.231. The third-order valence-corrected chi connectivity index (χ3v) is 6.93. The zero-order valence-electron chi connectivity index (χ0n) is 20.3. The molecule has 12 heteroatoms. The highest BCUT2D eigenvalue weighted by Crippen LogP contribution is 2.35. The third kappa shape index (κ3) is 4.05. The van der Waals surface area contributed by atoms with Crippen LogP contribution in [-0.4, -0.2) is 49.7 Å². The van der Waals surface area contributed by atoms with Crippen LogP contribution in [-0.2, 0) is 17.8 Å². The first kappa shape index (κ1) is 23.4. The molecule has 1 aliphatic heterocycles. The Bertz CT molecular complexity index is 1630. The number of ether oxygens (including phenoxy) is 1. The molecule has 2 amide bonds. The summed E-state index contributed by atoms with van der Waals surface area (Å²) in [6.45, 7) is 2.19. The Morgan fingerprint density at radius 3 is 2.92 bits per heavy atom. The molecule has 5 N–H and O–H groups in total. The topological polar surface area (TPSA) is 171 Å². The molecule has 192 valence electrons. The number of carboxylic acid groups (broad SMARTS) is 1. The summed E-state index contributed by atoms with van der Waals surface area (Å²) in [5, 5.41) is 25.6. The van der Waals surface area contributed by atoms with E-state index in [0.29, 0.717) is 47.7 Å². The minimum Gasteiger partial charge on any atom is -0.482 e. The number of hydrogen-bond acceptors (Lipinski definition) is 8. The Morgan fingerprint density at radius 2 is 2.08 bits per heavy atom. The van der Waals surface area contributed by atoms with Crippen molar-refractivity contribution in [1.82, 2.24) is 25.5 Å². The second kappa shape index (κ2) is 9.14. The summed E-state index contributed by atoms with van der Waals surface area (Å²) in [5.74, 6) is -0.473. The number of nitrogens with zero attached hydrogens (tertiary/aromatic N) is 3. The lowest BCUT2D eigenvalue weighted by Gasteiger charge is -2.18. The molecule has 3 heterocycles. The van der Waals surface area contributed by atoms with Crippen LogP contribution in [0.25, 0.3) is 11.0 Å². The van der Waals surface area contributed by atoms with E-state index in [1.165, 1.54) is 6.33 Å². The van der Waals surface area contributed by atoms with Crippen molar-refractivity contribution in [3.05, 3.63) is 70.2 Å². The van der Waals surface area contributed by atoms with Crippen molar-refractivity contribution in [2.24, 2.45) is 0 Å². The van der Waals surface area contributed by atoms with E-state index in [4.69, 9.17) is 4.74 Å². The van der Waals surface area contributed by atoms with Crippen LogP contribution in [0.2, 0.25) is 0 Å². The number of carbonyl (C=O) groups is 3. The third-order valence-electron chi connectivity index (χ3n) is 6.93. The van der Waals surface area contributed by atoms with Gasteiger partial charge in [0.25, 0.3) is 11.8 Å². The van der Waals surface area contributed by atoms with E-state index in [-0.39, 0.29) is 35.7 Å². The highest BCUT2D eigenvalue weighted by molar-refractivity contribution is 6.05. The first-order valence-electron chi connectivity index (χ1n) is 12.0. The van der Waals surface area contributed by atoms with Crippen LogP contribution in [0.4, 0.5) is 11.5 Å². The zero-order chi connectivity index (χ0) is 26.4. The molecule has 0 spiro atoms. The van der Waals surface area contributed by atoms with Crippen molar-refractivity contribution in [2.75, 3.05) is 17.2 Å². The molecule has 4 aromatic rings. The smallest absolute Gasteiger partial charge is 0.335 e. The molecule has 0 unspecified atom stereocenters. The number of carbonyl (C=O) groups excluding carboxylic acids is 2. The van der Waals surface area contributed by atoms with Crippen molar-refractivity contribution in [3.8, 4) is 5.75 Å². The summed E-state index contributed by atoms with van der Waals surface area (Å²) in [7, 11) is 0. The molecule has 0 saturated heterocycles. The van der Waals surface area contributed by atoms with Crippen LogP contribution in [0, 0.1) is 6.92 Å². The normalized spacial score (nSPS) is 15.8. The van der Waals surface area contributed by atoms with Crippen molar-refractivity contribution < 1.29 is 24.2 Å². The van der Waals surface area contributed by atoms with Crippen molar-refractivity contribution >= 4 is 40.3 Å². The van der Waals surface area contributed by atoms with Crippen molar-refractivity contribution in [1.29, 1.82) is 0 Å². The monoisotopic (exact) mass is 513 g/mol. The standard InChI is InChI=1S/C26H23N7O5/c1-12-14-5-6-17(16(14)4-3-15(12)26(36)37)31-25(35)23-21-22(28-11-29-23)24(33-32-21)27-9-13-2-7-19-18(8-13)30-20(34)10-38-19/h2-4,7-8,11,17H,5-6,9-10H2,1H3,(H,30,34)(H,31,35)(H,36,37)(H2,27,32,33)/t17-/m1/s1. The largest absolute Gasteiger partial charge is 0.482 e. The first-order valence-corrected chi connectivity index (χ1v) is 12.0. The van der Waals surface area contributed by atoms with Crippen LogP contribution >= 0.6 is 0 Å². The van der Waals surface area contributed by atoms with Crippen LogP contribution in [0.1, 0.15) is 55.6 Å². The molecule has 2 aromatic carbocycles. The van der Waals surface area contributed by atoms with E-state index in [1.54, 1.807) is 25.1 Å². The van der Waals surface area contributed by atoms with Gasteiger partial charge in [0.05, 0.1) is 17.3 Å². The average molecular weight is 514 g/mol. The highest BCUT2D eigenvalue weighted by atomic mass is 16.5. The lowest BCUT2D eigenvalue weighted by molar-refractivity contribution is -0.118. The Labute approximate surface area is 215 Å². The lowest BCUT2D eigenvalue weighted by atomic mass is 9.98. The second-order valence-electron chi connectivity index (χ2n) is 9.21. The van der Waals surface area contributed by atoms with E-state index >= 15 is 0 Å². The van der Waals surface area contributed by atoms with E-state index in [1.807, 2.05) is 12.1 Å². The van der Waals surface area contributed by atoms with Crippen molar-refractivity contribution in [3.63, 3.8) is 0 Å². The summed E-state index contributed by atoms with van der Waals surface area (Å²) < 4.78 is 5.39. The Kier molecular flexibility index (Phi) is 5.63. The average Bonchev–Trinajstić information content (AvgIpc) is 3.51. The number of aromatic amines is 1. The number of nitrogens with one attached hydrogen (secondary N) is 4. The van der Waals surface area contributed by atoms with Gasteiger partial charge in [0, 0.05) is 6.54 Å². The lowest BCUT2D eigenvalue weighted by Crippen LogP contribution is -2.28. The summed E-state index contributed by atoms with van der Waals surface area (Å²) >= 11 is 0. The van der Waals surface area contributed by atoms with Crippen LogP contribution in [0.3, 0.4) is 0 Å². The maximum atomic E-state index is 13.2. The fourth-order valence-corrected chi connectivity index (χ4v) is 5.05. The molecule has 0 radical (unpaired) electrons. The Balaban J connectivity index is 1.19. The number of rotatable bonds is 6. The van der Waals surface area contributed by atoms with Gasteiger partial charge in [-0.2, -0.15) is 5.10 Å². The predicted octanol–water partition coefficient (Wildman–Crippen LogP) is 2.72. The summed E-state index contributed by atoms with van der Waals surface area (Å²) in [4.78, 5) is 44.8. The summed E-state index contributed by atoms with van der Waals surface area (Å²) in [5.41, 5.74) is 5.41. The van der Waals surface area contributed by atoms with Crippen LogP contribution < -0.4 is 20.7 Å². The van der Waals surface area contributed by atoms with Gasteiger partial charge in [0.1, 0.15) is 23.1 Å². The van der Waals surface area contributed by atoms with Gasteiger partial charge in [-0.05, 0) is 60.2 Å². The number of aromatic carboxylic acids is 1. The van der Waals surface area contributed by atoms with Gasteiger partial charge >= 0.3 is 5.97 Å². The van der Waals surface area contributed by atoms with Gasteiger partial charge in [-0.3, -0.25) is 14.7 Å². The SMILES string of the molecule is Cc1c(C(=O)O)ccc2c1CC[C@H]2NC(=O)c1ncnc2c(NCc3ccc4c(c3)NC(=O)CO4)n[nH]c12. The van der Waals surface area contributed by atoms with Crippen LogP contribution in [0.5, 0.6) is 5.75 Å². The minimum absolute atomic E-state index is 0.00196. The number of fused-ring (bicyclic) bond motifs is 3. The van der Waals surface area contributed by atoms with Gasteiger partial charge in [0.15, 0.2) is 18.1 Å². The maximum Gasteiger partial charge on any atom is 0.335 e. The number of anilines is 2. The quantitative estimate of drug-likeness (QED) is 0.260. The van der Waals surface area contributed by atoms with Gasteiger partial charge < -0.3 is 25.8 Å². The molecule has 1 aliphatic carbocycles. The maximum absolute atomic E-state index is 13.2. The first-order chi connectivity index (χ1) is 18.4. The van der Waals surface area contributed by atoms with Gasteiger partial charge in [-0.25, -0.2) is 14.8 Å². The highest BCUT2D eigenvalue weighted by Gasteiger charge is 2.29. The molecule has 6 rings (SSSR count). The van der Waals surface area contributed by atoms with E-state index in [2.05, 4.69) is 36.1 Å². The number of aromatic nitrogens is 4. The Morgan fingerprint density at radius 1 is 1.21 bits per heavy atom. The molecule has 12 nitrogen and oxygen atoms in total. The number of amides is 2. The molecule has 0 saturated carbocycles. The number of hydrogen-bond donors (Lipinski definition) is 5. The number of carboxylic acids is 1. The van der Waals surface area contributed by atoms with E-state index in [9.17, 15) is 19.5 Å². The molecule has 0 fully saturated rings. The predicted molar refractivity (Wildman–Crippen MR) is 136 cm³/mol. The molecule has 2 aliphatic rings. The zero-order valence-corrected chi connectivity index (χ0v) is 20.3. The summed E-state index contributed by atoms with van der Waals surface area (Å²) in [6, 6.07) is 8.60. The molecule has 38 heavy (non-hydrogen) atoms. The summed E-state index contributed by atoms with van der Waals surface area (Å²) in [6.07, 6.45) is 2.67. The molecular formula is C26H23N7O5. The van der Waals surface area contributed by atoms with Gasteiger partial charge in [-0.15, -0.1) is 0 Å². The van der Waals surface area contributed by atoms with E-state index < -0.39 is 5.97 Å².